The minimum Gasteiger partial charge on any atom is -0.494 e. The molecule has 0 spiro atoms. The number of hydrogen-bond donors (Lipinski definition) is 1. The van der Waals surface area contributed by atoms with E-state index in [-0.39, 0.29) is 5.76 Å². The molecule has 0 aliphatic carbocycles. The van der Waals surface area contributed by atoms with Gasteiger partial charge in [0.15, 0.2) is 5.76 Å². The van der Waals surface area contributed by atoms with Crippen LogP contribution in [0.4, 0.5) is 11.6 Å². The summed E-state index contributed by atoms with van der Waals surface area (Å²) in [7, 11) is 0. The first-order valence-corrected chi connectivity index (χ1v) is 8.69. The third-order valence-electron chi connectivity index (χ3n) is 4.01. The third kappa shape index (κ3) is 3.76. The molecule has 29 heavy (non-hydrogen) atoms. The van der Waals surface area contributed by atoms with Gasteiger partial charge in [0.05, 0.1) is 18.4 Å². The maximum Gasteiger partial charge on any atom is 0.433 e. The van der Waals surface area contributed by atoms with Crippen LogP contribution in [0.15, 0.2) is 59.0 Å². The first-order valence-electron chi connectivity index (χ1n) is 8.69. The van der Waals surface area contributed by atoms with Crippen molar-refractivity contribution < 1.29 is 18.9 Å². The van der Waals surface area contributed by atoms with Crippen molar-refractivity contribution in [2.45, 2.75) is 6.92 Å². The molecule has 0 unspecified atom stereocenters. The number of rotatable bonds is 6. The van der Waals surface area contributed by atoms with Crippen molar-refractivity contribution in [3.05, 3.63) is 70.5 Å². The SMILES string of the molecule is CCOc1ccc(-n2nc3ccc(NC(=O)c4ccc([N+](=O)[O-])o4)cc3n2)cc1. The van der Waals surface area contributed by atoms with E-state index in [0.717, 1.165) is 17.5 Å². The lowest BCUT2D eigenvalue weighted by Crippen LogP contribution is -2.10. The average Bonchev–Trinajstić information content (AvgIpc) is 3.36. The number of hydrogen-bond acceptors (Lipinski definition) is 7. The zero-order chi connectivity index (χ0) is 20.4. The number of nitro groups is 1. The van der Waals surface area contributed by atoms with Gasteiger partial charge >= 0.3 is 5.88 Å². The lowest BCUT2D eigenvalue weighted by atomic mass is 10.2. The zero-order valence-corrected chi connectivity index (χ0v) is 15.2. The molecule has 0 saturated heterocycles. The molecule has 0 radical (unpaired) electrons. The summed E-state index contributed by atoms with van der Waals surface area (Å²) in [6.07, 6.45) is 0. The van der Waals surface area contributed by atoms with E-state index in [2.05, 4.69) is 15.5 Å². The monoisotopic (exact) mass is 393 g/mol. The van der Waals surface area contributed by atoms with Crippen LogP contribution < -0.4 is 10.1 Å². The van der Waals surface area contributed by atoms with Crippen LogP contribution in [0, 0.1) is 10.1 Å². The van der Waals surface area contributed by atoms with E-state index in [1.807, 2.05) is 31.2 Å². The van der Waals surface area contributed by atoms with Crippen molar-refractivity contribution in [3.63, 3.8) is 0 Å². The van der Waals surface area contributed by atoms with Gasteiger partial charge in [-0.25, -0.2) is 0 Å². The Balaban J connectivity index is 1.54. The molecule has 0 atom stereocenters. The van der Waals surface area contributed by atoms with Gasteiger partial charge in [0.2, 0.25) is 0 Å². The topological polar surface area (TPSA) is 125 Å². The van der Waals surface area contributed by atoms with Crippen molar-refractivity contribution in [1.82, 2.24) is 15.0 Å². The van der Waals surface area contributed by atoms with Crippen LogP contribution in [0.2, 0.25) is 0 Å². The Morgan fingerprint density at radius 3 is 2.59 bits per heavy atom. The van der Waals surface area contributed by atoms with Gasteiger partial charge < -0.3 is 14.5 Å². The van der Waals surface area contributed by atoms with E-state index in [4.69, 9.17) is 9.15 Å². The number of aromatic nitrogens is 3. The molecule has 0 aliphatic rings. The van der Waals surface area contributed by atoms with Crippen molar-refractivity contribution in [1.29, 1.82) is 0 Å². The van der Waals surface area contributed by atoms with E-state index >= 15 is 0 Å². The highest BCUT2D eigenvalue weighted by atomic mass is 16.6. The summed E-state index contributed by atoms with van der Waals surface area (Å²) in [6.45, 7) is 2.50. The number of furan rings is 1. The van der Waals surface area contributed by atoms with E-state index < -0.39 is 16.7 Å². The molecular weight excluding hydrogens is 378 g/mol. The molecule has 4 rings (SSSR count). The normalized spacial score (nSPS) is 10.8. The van der Waals surface area contributed by atoms with Crippen LogP contribution in [-0.2, 0) is 0 Å². The van der Waals surface area contributed by atoms with Gasteiger partial charge in [-0.1, -0.05) is 0 Å². The second kappa shape index (κ2) is 7.43. The van der Waals surface area contributed by atoms with E-state index in [9.17, 15) is 14.9 Å². The fraction of sp³-hybridized carbons (Fsp3) is 0.105. The standard InChI is InChI=1S/C19H15N5O5/c1-2-28-14-6-4-13(5-7-14)23-21-15-8-3-12(11-16(15)22-23)20-19(25)17-9-10-18(29-17)24(26)27/h3-11H,2H2,1H3,(H,20,25). The minimum atomic E-state index is -0.706. The highest BCUT2D eigenvalue weighted by Crippen LogP contribution is 2.21. The molecule has 2 heterocycles. The smallest absolute Gasteiger partial charge is 0.433 e. The first-order chi connectivity index (χ1) is 14.0. The quantitative estimate of drug-likeness (QED) is 0.392. The first kappa shape index (κ1) is 18.2. The average molecular weight is 393 g/mol. The van der Waals surface area contributed by atoms with Gasteiger partial charge in [0, 0.05) is 5.69 Å². The molecule has 2 aromatic heterocycles. The number of anilines is 1. The summed E-state index contributed by atoms with van der Waals surface area (Å²) in [5.74, 6) is -0.494. The van der Waals surface area contributed by atoms with Crippen LogP contribution in [-0.4, -0.2) is 32.4 Å². The molecule has 0 aliphatic heterocycles. The Bertz CT molecular complexity index is 1200. The van der Waals surface area contributed by atoms with Gasteiger partial charge in [-0.2, -0.15) is 4.80 Å². The molecule has 10 nitrogen and oxygen atoms in total. The van der Waals surface area contributed by atoms with Crippen molar-refractivity contribution in [2.24, 2.45) is 0 Å². The number of carbonyl (C=O) groups is 1. The molecule has 0 saturated carbocycles. The van der Waals surface area contributed by atoms with Crippen molar-refractivity contribution in [3.8, 4) is 11.4 Å². The number of amides is 1. The second-order valence-electron chi connectivity index (χ2n) is 5.97. The maximum absolute atomic E-state index is 12.2. The van der Waals surface area contributed by atoms with Crippen LogP contribution in [0.1, 0.15) is 17.5 Å². The van der Waals surface area contributed by atoms with Crippen LogP contribution in [0.25, 0.3) is 16.7 Å². The number of nitrogens with one attached hydrogen (secondary N) is 1. The molecule has 0 fully saturated rings. The van der Waals surface area contributed by atoms with E-state index in [1.165, 1.54) is 10.9 Å². The predicted octanol–water partition coefficient (Wildman–Crippen LogP) is 3.57. The highest BCUT2D eigenvalue weighted by molar-refractivity contribution is 6.03. The minimum absolute atomic E-state index is 0.158. The van der Waals surface area contributed by atoms with Crippen molar-refractivity contribution >= 4 is 28.5 Å². The Morgan fingerprint density at radius 2 is 1.90 bits per heavy atom. The van der Waals surface area contributed by atoms with Crippen LogP contribution >= 0.6 is 0 Å². The predicted molar refractivity (Wildman–Crippen MR) is 103 cm³/mol. The van der Waals surface area contributed by atoms with Gasteiger partial charge in [0.25, 0.3) is 5.91 Å². The molecule has 1 N–H and O–H groups in total. The molecule has 1 amide bonds. The van der Waals surface area contributed by atoms with E-state index in [0.29, 0.717) is 23.3 Å². The van der Waals surface area contributed by atoms with Gasteiger partial charge in [-0.05, 0) is 55.5 Å². The third-order valence-corrected chi connectivity index (χ3v) is 4.01. The number of fused-ring (bicyclic) bond motifs is 1. The number of ether oxygens (including phenoxy) is 1. The number of benzene rings is 2. The molecular formula is C19H15N5O5. The van der Waals surface area contributed by atoms with Crippen LogP contribution in [0.5, 0.6) is 5.75 Å². The Morgan fingerprint density at radius 1 is 1.14 bits per heavy atom. The fourth-order valence-corrected chi connectivity index (χ4v) is 2.69. The maximum atomic E-state index is 12.2. The summed E-state index contributed by atoms with van der Waals surface area (Å²) in [6, 6.07) is 14.8. The summed E-state index contributed by atoms with van der Waals surface area (Å²) < 4.78 is 10.3. The lowest BCUT2D eigenvalue weighted by molar-refractivity contribution is -0.402. The van der Waals surface area contributed by atoms with Gasteiger partial charge in [-0.15, -0.1) is 10.2 Å². The zero-order valence-electron chi connectivity index (χ0n) is 15.2. The van der Waals surface area contributed by atoms with Crippen molar-refractivity contribution in [2.75, 3.05) is 11.9 Å². The molecule has 4 aromatic rings. The summed E-state index contributed by atoms with van der Waals surface area (Å²) in [5.41, 5.74) is 2.44. The fourth-order valence-electron chi connectivity index (χ4n) is 2.69. The molecule has 2 aromatic carbocycles. The summed E-state index contributed by atoms with van der Waals surface area (Å²) in [5, 5.41) is 22.1. The van der Waals surface area contributed by atoms with Gasteiger partial charge in [-0.3, -0.25) is 14.9 Å². The Labute approximate surface area is 163 Å². The second-order valence-corrected chi connectivity index (χ2v) is 5.97. The van der Waals surface area contributed by atoms with E-state index in [1.54, 1.807) is 18.2 Å². The highest BCUT2D eigenvalue weighted by Gasteiger charge is 2.17. The molecule has 146 valence electrons. The molecule has 0 bridgehead atoms. The lowest BCUT2D eigenvalue weighted by Gasteiger charge is -2.03. The number of carbonyl (C=O) groups excluding carboxylic acids is 1. The summed E-state index contributed by atoms with van der Waals surface area (Å²) >= 11 is 0. The summed E-state index contributed by atoms with van der Waals surface area (Å²) in [4.78, 5) is 23.7. The Kier molecular flexibility index (Phi) is 4.65. The Hall–Kier alpha value is -4.21. The molecule has 10 heteroatoms. The number of nitrogens with zero attached hydrogens (tertiary/aromatic N) is 4. The van der Waals surface area contributed by atoms with Crippen LogP contribution in [0.3, 0.4) is 0 Å². The largest absolute Gasteiger partial charge is 0.494 e. The van der Waals surface area contributed by atoms with Gasteiger partial charge in [0.1, 0.15) is 21.7 Å².